The van der Waals surface area contributed by atoms with E-state index < -0.39 is 0 Å². The summed E-state index contributed by atoms with van der Waals surface area (Å²) in [6, 6.07) is 19.6. The summed E-state index contributed by atoms with van der Waals surface area (Å²) < 4.78 is 1.06. The molecule has 0 saturated carbocycles. The van der Waals surface area contributed by atoms with Crippen molar-refractivity contribution in [3.63, 3.8) is 0 Å². The number of urea groups is 1. The van der Waals surface area contributed by atoms with E-state index in [1.54, 1.807) is 6.20 Å². The maximum atomic E-state index is 12.0. The van der Waals surface area contributed by atoms with Crippen molar-refractivity contribution in [2.45, 2.75) is 13.3 Å². The monoisotopic (exact) mass is 409 g/mol. The summed E-state index contributed by atoms with van der Waals surface area (Å²) in [7, 11) is 0. The highest BCUT2D eigenvalue weighted by molar-refractivity contribution is 9.10. The van der Waals surface area contributed by atoms with Gasteiger partial charge in [-0.2, -0.15) is 0 Å². The average Bonchev–Trinajstić information content (AvgIpc) is 2.64. The van der Waals surface area contributed by atoms with Gasteiger partial charge in [0.2, 0.25) is 0 Å². The highest BCUT2D eigenvalue weighted by Gasteiger charge is 2.04. The number of carbonyl (C=O) groups is 1. The van der Waals surface area contributed by atoms with Crippen LogP contribution in [0.3, 0.4) is 0 Å². The quantitative estimate of drug-likeness (QED) is 0.609. The fourth-order valence-electron chi connectivity index (χ4n) is 2.66. The Kier molecular flexibility index (Phi) is 6.02. The SMILES string of the molecule is Cc1cc(-c2ccc(NC(=O)NCCc3ccccc3Br)cc2)ccn1. The second kappa shape index (κ2) is 8.63. The first-order chi connectivity index (χ1) is 12.6. The first-order valence-corrected chi connectivity index (χ1v) is 9.22. The van der Waals surface area contributed by atoms with Crippen LogP contribution in [0.4, 0.5) is 10.5 Å². The van der Waals surface area contributed by atoms with Crippen molar-refractivity contribution in [1.29, 1.82) is 0 Å². The zero-order valence-corrected chi connectivity index (χ0v) is 16.1. The van der Waals surface area contributed by atoms with Gasteiger partial charge < -0.3 is 10.6 Å². The molecule has 1 aromatic heterocycles. The first-order valence-electron chi connectivity index (χ1n) is 8.43. The minimum absolute atomic E-state index is 0.204. The molecule has 3 aromatic rings. The van der Waals surface area contributed by atoms with Crippen LogP contribution in [0.2, 0.25) is 0 Å². The fourth-order valence-corrected chi connectivity index (χ4v) is 3.14. The van der Waals surface area contributed by atoms with Gasteiger partial charge in [-0.15, -0.1) is 0 Å². The van der Waals surface area contributed by atoms with Gasteiger partial charge in [0.05, 0.1) is 0 Å². The second-order valence-corrected chi connectivity index (χ2v) is 6.84. The van der Waals surface area contributed by atoms with Crippen LogP contribution in [0.1, 0.15) is 11.3 Å². The van der Waals surface area contributed by atoms with Crippen LogP contribution in [-0.4, -0.2) is 17.6 Å². The third-order valence-electron chi connectivity index (χ3n) is 4.01. The van der Waals surface area contributed by atoms with E-state index in [0.717, 1.165) is 33.4 Å². The van der Waals surface area contributed by atoms with Crippen molar-refractivity contribution < 1.29 is 4.79 Å². The summed E-state index contributed by atoms with van der Waals surface area (Å²) in [4.78, 5) is 16.3. The molecule has 0 saturated heterocycles. The number of rotatable bonds is 5. The van der Waals surface area contributed by atoms with Crippen LogP contribution >= 0.6 is 15.9 Å². The predicted octanol–water partition coefficient (Wildman–Crippen LogP) is 5.18. The average molecular weight is 410 g/mol. The molecule has 2 N–H and O–H groups in total. The Morgan fingerprint density at radius 2 is 1.81 bits per heavy atom. The Bertz CT molecular complexity index is 894. The van der Waals surface area contributed by atoms with E-state index in [2.05, 4.69) is 31.5 Å². The van der Waals surface area contributed by atoms with Crippen molar-refractivity contribution in [3.8, 4) is 11.1 Å². The molecule has 0 bridgehead atoms. The number of hydrogen-bond donors (Lipinski definition) is 2. The smallest absolute Gasteiger partial charge is 0.319 e. The molecule has 1 heterocycles. The normalized spacial score (nSPS) is 10.4. The van der Waals surface area contributed by atoms with Gasteiger partial charge in [0.15, 0.2) is 0 Å². The molecule has 0 fully saturated rings. The lowest BCUT2D eigenvalue weighted by atomic mass is 10.1. The van der Waals surface area contributed by atoms with E-state index in [9.17, 15) is 4.79 Å². The number of nitrogens with zero attached hydrogens (tertiary/aromatic N) is 1. The zero-order chi connectivity index (χ0) is 18.4. The van der Waals surface area contributed by atoms with Crippen LogP contribution in [0.25, 0.3) is 11.1 Å². The van der Waals surface area contributed by atoms with E-state index in [1.807, 2.05) is 67.6 Å². The molecule has 0 radical (unpaired) electrons. The van der Waals surface area contributed by atoms with Gasteiger partial charge in [0, 0.05) is 28.6 Å². The van der Waals surface area contributed by atoms with Gasteiger partial charge in [-0.1, -0.05) is 46.3 Å². The molecule has 2 aromatic carbocycles. The lowest BCUT2D eigenvalue weighted by Gasteiger charge is -2.09. The molecular formula is C21H20BrN3O. The number of benzene rings is 2. The van der Waals surface area contributed by atoms with Gasteiger partial charge in [-0.05, 0) is 60.4 Å². The molecule has 0 aliphatic rings. The van der Waals surface area contributed by atoms with Gasteiger partial charge in [-0.25, -0.2) is 4.79 Å². The van der Waals surface area contributed by atoms with Crippen LogP contribution in [0.15, 0.2) is 71.3 Å². The van der Waals surface area contributed by atoms with E-state index in [-0.39, 0.29) is 6.03 Å². The molecule has 2 amide bonds. The largest absolute Gasteiger partial charge is 0.338 e. The summed E-state index contributed by atoms with van der Waals surface area (Å²) >= 11 is 3.52. The molecule has 26 heavy (non-hydrogen) atoms. The molecule has 4 nitrogen and oxygen atoms in total. The summed E-state index contributed by atoms with van der Waals surface area (Å²) in [5, 5.41) is 5.74. The Labute approximate surface area is 161 Å². The number of nitrogens with one attached hydrogen (secondary N) is 2. The molecule has 132 valence electrons. The number of anilines is 1. The summed E-state index contributed by atoms with van der Waals surface area (Å²) in [5.41, 5.74) is 5.12. The van der Waals surface area contributed by atoms with Crippen LogP contribution in [-0.2, 0) is 6.42 Å². The molecule has 5 heteroatoms. The number of pyridine rings is 1. The Hall–Kier alpha value is -2.66. The number of aromatic nitrogens is 1. The lowest BCUT2D eigenvalue weighted by Crippen LogP contribution is -2.30. The molecule has 0 atom stereocenters. The highest BCUT2D eigenvalue weighted by Crippen LogP contribution is 2.21. The standard InChI is InChI=1S/C21H20BrN3O/c1-15-14-18(11-12-23-15)16-6-8-19(9-7-16)25-21(26)24-13-10-17-4-2-3-5-20(17)22/h2-9,11-12,14H,10,13H2,1H3,(H2,24,25,26). The number of carbonyl (C=O) groups excluding carboxylic acids is 1. The van der Waals surface area contributed by atoms with Crippen LogP contribution in [0, 0.1) is 6.92 Å². The zero-order valence-electron chi connectivity index (χ0n) is 14.5. The Morgan fingerprint density at radius 3 is 2.54 bits per heavy atom. The van der Waals surface area contributed by atoms with Crippen molar-refractivity contribution >= 4 is 27.6 Å². The minimum atomic E-state index is -0.204. The van der Waals surface area contributed by atoms with Crippen molar-refractivity contribution in [2.24, 2.45) is 0 Å². The second-order valence-electron chi connectivity index (χ2n) is 5.99. The van der Waals surface area contributed by atoms with Gasteiger partial charge in [-0.3, -0.25) is 4.98 Å². The van der Waals surface area contributed by atoms with Crippen LogP contribution < -0.4 is 10.6 Å². The number of halogens is 1. The fraction of sp³-hybridized carbons (Fsp3) is 0.143. The van der Waals surface area contributed by atoms with E-state index >= 15 is 0 Å². The van der Waals surface area contributed by atoms with Crippen molar-refractivity contribution in [3.05, 3.63) is 82.6 Å². The topological polar surface area (TPSA) is 54.0 Å². The predicted molar refractivity (Wildman–Crippen MR) is 109 cm³/mol. The molecule has 0 aliphatic heterocycles. The maximum Gasteiger partial charge on any atom is 0.319 e. The lowest BCUT2D eigenvalue weighted by molar-refractivity contribution is 0.252. The molecule has 0 aliphatic carbocycles. The molecule has 3 rings (SSSR count). The summed E-state index contributed by atoms with van der Waals surface area (Å²) in [6.07, 6.45) is 2.57. The minimum Gasteiger partial charge on any atom is -0.338 e. The maximum absolute atomic E-state index is 12.0. The van der Waals surface area contributed by atoms with E-state index in [4.69, 9.17) is 0 Å². The third kappa shape index (κ3) is 4.92. The van der Waals surface area contributed by atoms with Gasteiger partial charge in [0.1, 0.15) is 0 Å². The van der Waals surface area contributed by atoms with Crippen LogP contribution in [0.5, 0.6) is 0 Å². The number of amides is 2. The van der Waals surface area contributed by atoms with Crippen molar-refractivity contribution in [2.75, 3.05) is 11.9 Å². The van der Waals surface area contributed by atoms with Gasteiger partial charge in [0.25, 0.3) is 0 Å². The Morgan fingerprint density at radius 1 is 1.04 bits per heavy atom. The summed E-state index contributed by atoms with van der Waals surface area (Å²) in [5.74, 6) is 0. The molecular weight excluding hydrogens is 390 g/mol. The molecule has 0 unspecified atom stereocenters. The highest BCUT2D eigenvalue weighted by atomic mass is 79.9. The first kappa shape index (κ1) is 18.1. The molecule has 0 spiro atoms. The Balaban J connectivity index is 1.52. The third-order valence-corrected chi connectivity index (χ3v) is 4.78. The van der Waals surface area contributed by atoms with E-state index in [1.165, 1.54) is 5.56 Å². The summed E-state index contributed by atoms with van der Waals surface area (Å²) in [6.45, 7) is 2.54. The number of aryl methyl sites for hydroxylation is 1. The number of hydrogen-bond acceptors (Lipinski definition) is 2. The van der Waals surface area contributed by atoms with E-state index in [0.29, 0.717) is 6.54 Å². The van der Waals surface area contributed by atoms with Gasteiger partial charge >= 0.3 is 6.03 Å². The van der Waals surface area contributed by atoms with Crippen molar-refractivity contribution in [1.82, 2.24) is 10.3 Å².